The van der Waals surface area contributed by atoms with Gasteiger partial charge in [-0.1, -0.05) is 19.3 Å². The second-order valence-electron chi connectivity index (χ2n) is 7.70. The minimum absolute atomic E-state index is 0.0873. The molecule has 1 saturated carbocycles. The van der Waals surface area contributed by atoms with Crippen molar-refractivity contribution >= 4 is 5.91 Å². The molecule has 2 heterocycles. The van der Waals surface area contributed by atoms with Gasteiger partial charge in [-0.2, -0.15) is 0 Å². The van der Waals surface area contributed by atoms with Gasteiger partial charge < -0.3 is 10.4 Å². The molecule has 3 rings (SSSR count). The molecule has 1 aliphatic heterocycles. The predicted octanol–water partition coefficient (Wildman–Crippen LogP) is 2.25. The van der Waals surface area contributed by atoms with E-state index in [2.05, 4.69) is 27.2 Å². The molecule has 1 atom stereocenters. The zero-order valence-corrected chi connectivity index (χ0v) is 15.4. The Hall–Kier alpha value is -1.53. The van der Waals surface area contributed by atoms with Gasteiger partial charge in [-0.05, 0) is 46.2 Å². The van der Waals surface area contributed by atoms with Crippen LogP contribution in [0.4, 0.5) is 0 Å². The number of hydrogen-bond acceptors (Lipinski definition) is 5. The van der Waals surface area contributed by atoms with Gasteiger partial charge in [0.1, 0.15) is 5.82 Å². The highest BCUT2D eigenvalue weighted by Gasteiger charge is 2.32. The number of aryl methyl sites for hydroxylation is 1. The Morgan fingerprint density at radius 1 is 1.36 bits per heavy atom. The number of likely N-dealkylation sites (tertiary alicyclic amines) is 1. The van der Waals surface area contributed by atoms with Crippen molar-refractivity contribution in [1.82, 2.24) is 20.2 Å². The number of carbonyl (C=O) groups is 1. The summed E-state index contributed by atoms with van der Waals surface area (Å²) in [7, 11) is 2.12. The molecule has 0 aromatic carbocycles. The molecule has 1 amide bonds. The summed E-state index contributed by atoms with van der Waals surface area (Å²) in [5, 5.41) is 13.5. The monoisotopic (exact) mass is 346 g/mol. The van der Waals surface area contributed by atoms with E-state index in [-0.39, 0.29) is 12.3 Å². The number of carbonyl (C=O) groups excluding carboxylic acids is 1. The number of hydrogen-bond donors (Lipinski definition) is 2. The predicted molar refractivity (Wildman–Crippen MR) is 95.9 cm³/mol. The minimum atomic E-state index is -0.819. The zero-order chi connectivity index (χ0) is 17.9. The van der Waals surface area contributed by atoms with Gasteiger partial charge in [-0.3, -0.25) is 9.69 Å². The molecule has 138 valence electrons. The van der Waals surface area contributed by atoms with E-state index in [1.807, 2.05) is 13.1 Å². The third-order valence-corrected chi connectivity index (χ3v) is 5.60. The first-order valence-electron chi connectivity index (χ1n) is 9.49. The molecular formula is C19H30N4O2. The Balaban J connectivity index is 1.63. The Morgan fingerprint density at radius 3 is 2.80 bits per heavy atom. The summed E-state index contributed by atoms with van der Waals surface area (Å²) in [6.45, 7) is 3.40. The lowest BCUT2D eigenvalue weighted by molar-refractivity contribution is -0.127. The van der Waals surface area contributed by atoms with Crippen LogP contribution in [0.5, 0.6) is 0 Å². The average molecular weight is 346 g/mol. The second-order valence-corrected chi connectivity index (χ2v) is 7.70. The molecule has 0 radical (unpaired) electrons. The highest BCUT2D eigenvalue weighted by molar-refractivity contribution is 5.77. The number of aliphatic hydroxyl groups is 1. The van der Waals surface area contributed by atoms with Crippen LogP contribution in [0.2, 0.25) is 0 Å². The van der Waals surface area contributed by atoms with E-state index in [9.17, 15) is 9.90 Å². The molecule has 2 N–H and O–H groups in total. The fraction of sp³-hybridized carbons (Fsp3) is 0.737. The van der Waals surface area contributed by atoms with Crippen molar-refractivity contribution in [2.75, 3.05) is 13.6 Å². The summed E-state index contributed by atoms with van der Waals surface area (Å²) in [4.78, 5) is 23.6. The lowest BCUT2D eigenvalue weighted by atomic mass is 9.82. The van der Waals surface area contributed by atoms with E-state index in [4.69, 9.17) is 0 Å². The Kier molecular flexibility index (Phi) is 5.69. The van der Waals surface area contributed by atoms with E-state index >= 15 is 0 Å². The molecule has 2 aliphatic rings. The van der Waals surface area contributed by atoms with Crippen LogP contribution in [0, 0.1) is 6.92 Å². The molecule has 0 spiro atoms. The number of rotatable bonds is 5. The van der Waals surface area contributed by atoms with Gasteiger partial charge >= 0.3 is 0 Å². The average Bonchev–Trinajstić information content (AvgIpc) is 3.00. The molecule has 1 aromatic heterocycles. The molecular weight excluding hydrogens is 316 g/mol. The van der Waals surface area contributed by atoms with Crippen molar-refractivity contribution in [2.24, 2.45) is 0 Å². The van der Waals surface area contributed by atoms with Crippen molar-refractivity contribution < 1.29 is 9.90 Å². The van der Waals surface area contributed by atoms with Crippen LogP contribution in [0.25, 0.3) is 0 Å². The number of nitrogens with zero attached hydrogens (tertiary/aromatic N) is 3. The first kappa shape index (κ1) is 18.3. The van der Waals surface area contributed by atoms with Crippen LogP contribution < -0.4 is 5.32 Å². The summed E-state index contributed by atoms with van der Waals surface area (Å²) in [6.07, 6.45) is 8.91. The SMILES string of the molecule is Cc1ncc(CNC(=O)CC2(O)CCCCC2)c([C@@H]2CCCN2C)n1. The van der Waals surface area contributed by atoms with E-state index < -0.39 is 5.60 Å². The summed E-state index contributed by atoms with van der Waals surface area (Å²) in [5.41, 5.74) is 1.19. The van der Waals surface area contributed by atoms with Gasteiger partial charge in [-0.15, -0.1) is 0 Å². The Morgan fingerprint density at radius 2 is 2.12 bits per heavy atom. The highest BCUT2D eigenvalue weighted by atomic mass is 16.3. The molecule has 0 bridgehead atoms. The smallest absolute Gasteiger partial charge is 0.223 e. The Labute approximate surface area is 150 Å². The fourth-order valence-electron chi connectivity index (χ4n) is 4.13. The second kappa shape index (κ2) is 7.79. The maximum absolute atomic E-state index is 12.3. The van der Waals surface area contributed by atoms with E-state index in [0.717, 1.165) is 62.2 Å². The molecule has 2 fully saturated rings. The van der Waals surface area contributed by atoms with Gasteiger partial charge in [0, 0.05) is 18.3 Å². The third kappa shape index (κ3) is 4.55. The maximum atomic E-state index is 12.3. The standard InChI is InChI=1S/C19H30N4O2/c1-14-20-12-15(18(22-14)16-7-6-10-23(16)2)13-21-17(24)11-19(25)8-4-3-5-9-19/h12,16,25H,3-11,13H2,1-2H3,(H,21,24)/t16-/m0/s1. The van der Waals surface area contributed by atoms with Gasteiger partial charge in [0.15, 0.2) is 0 Å². The molecule has 6 nitrogen and oxygen atoms in total. The first-order chi connectivity index (χ1) is 12.0. The summed E-state index contributed by atoms with van der Waals surface area (Å²) in [6, 6.07) is 0.302. The number of amides is 1. The quantitative estimate of drug-likeness (QED) is 0.855. The maximum Gasteiger partial charge on any atom is 0.223 e. The van der Waals surface area contributed by atoms with Gasteiger partial charge in [0.25, 0.3) is 0 Å². The van der Waals surface area contributed by atoms with E-state index in [1.54, 1.807) is 0 Å². The van der Waals surface area contributed by atoms with E-state index in [1.165, 1.54) is 6.42 Å². The summed E-state index contributed by atoms with van der Waals surface area (Å²) in [5.74, 6) is 0.678. The first-order valence-corrected chi connectivity index (χ1v) is 9.49. The fourth-order valence-corrected chi connectivity index (χ4v) is 4.13. The number of nitrogens with one attached hydrogen (secondary N) is 1. The zero-order valence-electron chi connectivity index (χ0n) is 15.4. The molecule has 1 aromatic rings. The molecule has 6 heteroatoms. The lowest BCUT2D eigenvalue weighted by Crippen LogP contribution is -2.38. The lowest BCUT2D eigenvalue weighted by Gasteiger charge is -2.31. The van der Waals surface area contributed by atoms with Crippen LogP contribution in [-0.4, -0.2) is 45.1 Å². The Bertz CT molecular complexity index is 613. The highest BCUT2D eigenvalue weighted by Crippen LogP contribution is 2.32. The largest absolute Gasteiger partial charge is 0.389 e. The molecule has 1 aliphatic carbocycles. The van der Waals surface area contributed by atoms with Crippen molar-refractivity contribution in [3.63, 3.8) is 0 Å². The van der Waals surface area contributed by atoms with Crippen molar-refractivity contribution in [3.8, 4) is 0 Å². The normalized spacial score (nSPS) is 23.6. The topological polar surface area (TPSA) is 78.3 Å². The molecule has 0 unspecified atom stereocenters. The summed E-state index contributed by atoms with van der Waals surface area (Å²) < 4.78 is 0. The van der Waals surface area contributed by atoms with Crippen LogP contribution in [0.15, 0.2) is 6.20 Å². The van der Waals surface area contributed by atoms with Crippen molar-refractivity contribution in [3.05, 3.63) is 23.3 Å². The van der Waals surface area contributed by atoms with Crippen LogP contribution in [0.1, 0.15) is 74.5 Å². The minimum Gasteiger partial charge on any atom is -0.389 e. The van der Waals surface area contributed by atoms with Gasteiger partial charge in [0.2, 0.25) is 5.91 Å². The van der Waals surface area contributed by atoms with Crippen molar-refractivity contribution in [1.29, 1.82) is 0 Å². The van der Waals surface area contributed by atoms with Gasteiger partial charge in [0.05, 0.1) is 23.8 Å². The molecule has 25 heavy (non-hydrogen) atoms. The van der Waals surface area contributed by atoms with Gasteiger partial charge in [-0.25, -0.2) is 9.97 Å². The third-order valence-electron chi connectivity index (χ3n) is 5.60. The molecule has 1 saturated heterocycles. The summed E-state index contributed by atoms with van der Waals surface area (Å²) >= 11 is 0. The van der Waals surface area contributed by atoms with Crippen LogP contribution in [0.3, 0.4) is 0 Å². The van der Waals surface area contributed by atoms with Crippen LogP contribution >= 0.6 is 0 Å². The van der Waals surface area contributed by atoms with Crippen molar-refractivity contribution in [2.45, 2.75) is 76.5 Å². The van der Waals surface area contributed by atoms with E-state index in [0.29, 0.717) is 12.6 Å². The van der Waals surface area contributed by atoms with Crippen LogP contribution in [-0.2, 0) is 11.3 Å². The number of aromatic nitrogens is 2.